The molecule has 5 heteroatoms. The van der Waals surface area contributed by atoms with E-state index in [0.29, 0.717) is 12.2 Å². The lowest BCUT2D eigenvalue weighted by Gasteiger charge is -2.23. The predicted molar refractivity (Wildman–Crippen MR) is 64.0 cm³/mol. The van der Waals surface area contributed by atoms with Gasteiger partial charge < -0.3 is 19.6 Å². The lowest BCUT2D eigenvalue weighted by Crippen LogP contribution is -2.22. The number of aromatic carboxylic acids is 1. The monoisotopic (exact) mass is 245 g/mol. The first-order chi connectivity index (χ1) is 8.74. The second-order valence-electron chi connectivity index (χ2n) is 4.02. The van der Waals surface area contributed by atoms with Gasteiger partial charge in [-0.1, -0.05) is 30.3 Å². The van der Waals surface area contributed by atoms with Gasteiger partial charge in [0, 0.05) is 6.07 Å². The van der Waals surface area contributed by atoms with Crippen molar-refractivity contribution >= 4 is 11.7 Å². The molecule has 0 fully saturated rings. The van der Waals surface area contributed by atoms with E-state index < -0.39 is 5.97 Å². The summed E-state index contributed by atoms with van der Waals surface area (Å²) in [5, 5.41) is 11.9. The van der Waals surface area contributed by atoms with Gasteiger partial charge in [0.05, 0.1) is 6.54 Å². The fraction of sp³-hybridized carbons (Fsp3) is 0.154. The summed E-state index contributed by atoms with van der Waals surface area (Å²) in [5.74, 6) is -1.00. The van der Waals surface area contributed by atoms with Crippen LogP contribution in [0.2, 0.25) is 0 Å². The lowest BCUT2D eigenvalue weighted by atomic mass is 10.1. The number of hydrogen-bond donors (Lipinski definition) is 2. The molecule has 5 nitrogen and oxygen atoms in total. The van der Waals surface area contributed by atoms with Gasteiger partial charge in [0.2, 0.25) is 5.76 Å². The lowest BCUT2D eigenvalue weighted by molar-refractivity contribution is 0.0646. The zero-order chi connectivity index (χ0) is 12.5. The molecule has 0 bridgehead atoms. The molecule has 3 rings (SSSR count). The van der Waals surface area contributed by atoms with Crippen molar-refractivity contribution in [2.45, 2.75) is 6.10 Å². The van der Waals surface area contributed by atoms with E-state index in [-0.39, 0.29) is 17.8 Å². The van der Waals surface area contributed by atoms with Crippen LogP contribution in [-0.4, -0.2) is 17.6 Å². The van der Waals surface area contributed by atoms with Crippen molar-refractivity contribution in [2.24, 2.45) is 0 Å². The van der Waals surface area contributed by atoms with E-state index in [4.69, 9.17) is 14.3 Å². The van der Waals surface area contributed by atoms with Crippen LogP contribution in [0.15, 0.2) is 40.8 Å². The Hall–Kier alpha value is -2.43. The minimum absolute atomic E-state index is 0.124. The molecule has 1 aliphatic heterocycles. The molecular weight excluding hydrogens is 234 g/mol. The summed E-state index contributed by atoms with van der Waals surface area (Å²) >= 11 is 0. The van der Waals surface area contributed by atoms with Crippen molar-refractivity contribution in [1.29, 1.82) is 0 Å². The summed E-state index contributed by atoms with van der Waals surface area (Å²) in [6.45, 7) is 0.579. The zero-order valence-corrected chi connectivity index (χ0v) is 9.42. The van der Waals surface area contributed by atoms with E-state index in [2.05, 4.69) is 5.32 Å². The SMILES string of the molecule is O=C(O)c1cc2c(o1)OC(c1ccccc1)CN2. The van der Waals surface area contributed by atoms with E-state index in [1.807, 2.05) is 30.3 Å². The van der Waals surface area contributed by atoms with Crippen LogP contribution in [0.25, 0.3) is 0 Å². The number of hydrogen-bond acceptors (Lipinski definition) is 4. The Balaban J connectivity index is 1.87. The normalized spacial score (nSPS) is 17.4. The third kappa shape index (κ3) is 1.79. The summed E-state index contributed by atoms with van der Waals surface area (Å²) < 4.78 is 10.8. The number of rotatable bonds is 2. The maximum absolute atomic E-state index is 10.8. The topological polar surface area (TPSA) is 71.7 Å². The highest BCUT2D eigenvalue weighted by Crippen LogP contribution is 2.36. The van der Waals surface area contributed by atoms with Crippen LogP contribution in [0.1, 0.15) is 22.2 Å². The molecule has 1 aromatic carbocycles. The van der Waals surface area contributed by atoms with Gasteiger partial charge >= 0.3 is 11.9 Å². The number of anilines is 1. The standard InChI is InChI=1S/C13H11NO4/c15-12(16)10-6-9-13(17-10)18-11(7-14-9)8-4-2-1-3-5-8/h1-6,11,14H,7H2,(H,15,16). The number of carboxylic acid groups (broad SMARTS) is 1. The molecule has 1 aliphatic rings. The third-order valence-electron chi connectivity index (χ3n) is 2.81. The van der Waals surface area contributed by atoms with E-state index >= 15 is 0 Å². The van der Waals surface area contributed by atoms with Gasteiger partial charge in [-0.25, -0.2) is 4.79 Å². The van der Waals surface area contributed by atoms with Gasteiger partial charge in [-0.3, -0.25) is 0 Å². The highest BCUT2D eigenvalue weighted by Gasteiger charge is 2.26. The number of ether oxygens (including phenoxy) is 1. The highest BCUT2D eigenvalue weighted by molar-refractivity contribution is 5.86. The number of fused-ring (bicyclic) bond motifs is 1. The first-order valence-electron chi connectivity index (χ1n) is 5.56. The van der Waals surface area contributed by atoms with Gasteiger partial charge in [0.25, 0.3) is 0 Å². The van der Waals surface area contributed by atoms with E-state index in [1.54, 1.807) is 0 Å². The van der Waals surface area contributed by atoms with E-state index in [0.717, 1.165) is 5.56 Å². The van der Waals surface area contributed by atoms with Crippen LogP contribution in [0.4, 0.5) is 5.69 Å². The number of nitrogens with one attached hydrogen (secondary N) is 1. The largest absolute Gasteiger partial charge is 0.475 e. The van der Waals surface area contributed by atoms with Crippen LogP contribution in [0.3, 0.4) is 0 Å². The van der Waals surface area contributed by atoms with Crippen LogP contribution < -0.4 is 10.1 Å². The van der Waals surface area contributed by atoms with E-state index in [1.165, 1.54) is 6.07 Å². The van der Waals surface area contributed by atoms with Crippen LogP contribution in [0.5, 0.6) is 5.95 Å². The molecule has 1 aromatic heterocycles. The molecule has 0 saturated carbocycles. The number of benzene rings is 1. The predicted octanol–water partition coefficient (Wildman–Crippen LogP) is 2.52. The summed E-state index contributed by atoms with van der Waals surface area (Å²) in [7, 11) is 0. The Kier molecular flexibility index (Phi) is 2.44. The van der Waals surface area contributed by atoms with Gasteiger partial charge in [-0.15, -0.1) is 0 Å². The van der Waals surface area contributed by atoms with Crippen molar-refractivity contribution in [3.8, 4) is 5.95 Å². The highest BCUT2D eigenvalue weighted by atomic mass is 16.6. The van der Waals surface area contributed by atoms with Crippen molar-refractivity contribution in [3.05, 3.63) is 47.7 Å². The van der Waals surface area contributed by atoms with Crippen molar-refractivity contribution in [3.63, 3.8) is 0 Å². The zero-order valence-electron chi connectivity index (χ0n) is 9.42. The summed E-state index contributed by atoms with van der Waals surface area (Å²) in [5.41, 5.74) is 1.60. The summed E-state index contributed by atoms with van der Waals surface area (Å²) in [6.07, 6.45) is -0.175. The van der Waals surface area contributed by atoms with Crippen molar-refractivity contribution < 1.29 is 19.1 Å². The van der Waals surface area contributed by atoms with Gasteiger partial charge in [-0.05, 0) is 5.56 Å². The molecule has 1 atom stereocenters. The fourth-order valence-corrected chi connectivity index (χ4v) is 1.92. The second-order valence-corrected chi connectivity index (χ2v) is 4.02. The Labute approximate surface area is 103 Å². The average molecular weight is 245 g/mol. The molecular formula is C13H11NO4. The smallest absolute Gasteiger partial charge is 0.372 e. The first kappa shape index (κ1) is 10.7. The van der Waals surface area contributed by atoms with Gasteiger partial charge in [-0.2, -0.15) is 0 Å². The maximum atomic E-state index is 10.8. The Morgan fingerprint density at radius 1 is 1.33 bits per heavy atom. The van der Waals surface area contributed by atoms with Crippen molar-refractivity contribution in [2.75, 3.05) is 11.9 Å². The average Bonchev–Trinajstić information content (AvgIpc) is 2.82. The molecule has 2 aromatic rings. The maximum Gasteiger partial charge on any atom is 0.372 e. The number of carbonyl (C=O) groups is 1. The molecule has 1 unspecified atom stereocenters. The molecule has 18 heavy (non-hydrogen) atoms. The second kappa shape index (κ2) is 4.10. The quantitative estimate of drug-likeness (QED) is 0.850. The van der Waals surface area contributed by atoms with Crippen molar-refractivity contribution in [1.82, 2.24) is 0 Å². The minimum atomic E-state index is -1.11. The fourth-order valence-electron chi connectivity index (χ4n) is 1.92. The molecule has 2 N–H and O–H groups in total. The van der Waals surface area contributed by atoms with Crippen LogP contribution in [-0.2, 0) is 0 Å². The molecule has 0 radical (unpaired) electrons. The number of carboxylic acids is 1. The Morgan fingerprint density at radius 2 is 2.11 bits per heavy atom. The van der Waals surface area contributed by atoms with Gasteiger partial charge in [0.15, 0.2) is 0 Å². The number of furan rings is 1. The molecule has 0 aliphatic carbocycles. The summed E-state index contributed by atoms with van der Waals surface area (Å²) in [4.78, 5) is 10.8. The Morgan fingerprint density at radius 3 is 2.83 bits per heavy atom. The van der Waals surface area contributed by atoms with Crippen LogP contribution in [0, 0.1) is 0 Å². The Bertz CT molecular complexity index is 576. The molecule has 2 heterocycles. The van der Waals surface area contributed by atoms with Crippen LogP contribution >= 0.6 is 0 Å². The first-order valence-corrected chi connectivity index (χ1v) is 5.56. The molecule has 0 spiro atoms. The molecule has 92 valence electrons. The summed E-state index contributed by atoms with van der Waals surface area (Å²) in [6, 6.07) is 11.1. The third-order valence-corrected chi connectivity index (χ3v) is 2.81. The van der Waals surface area contributed by atoms with E-state index in [9.17, 15) is 4.79 Å². The van der Waals surface area contributed by atoms with Gasteiger partial charge in [0.1, 0.15) is 11.8 Å². The molecule has 0 amide bonds. The molecule has 0 saturated heterocycles. The minimum Gasteiger partial charge on any atom is -0.475 e.